The first-order valence-corrected chi connectivity index (χ1v) is 11.9. The molecule has 1 aromatic heterocycles. The Labute approximate surface area is 222 Å². The number of imidazole rings is 1. The minimum atomic E-state index is -1.70. The molecule has 0 fully saturated rings. The van der Waals surface area contributed by atoms with Crippen molar-refractivity contribution in [3.63, 3.8) is 0 Å². The smallest absolute Gasteiger partial charge is 0.326 e. The van der Waals surface area contributed by atoms with Crippen molar-refractivity contribution in [2.45, 2.75) is 56.3 Å². The van der Waals surface area contributed by atoms with Gasteiger partial charge in [-0.2, -0.15) is 0 Å². The predicted molar refractivity (Wildman–Crippen MR) is 135 cm³/mol. The average molecular weight is 546 g/mol. The molecule has 2 rings (SSSR count). The van der Waals surface area contributed by atoms with Crippen LogP contribution < -0.4 is 27.4 Å². The quantitative estimate of drug-likeness (QED) is 0.113. The average Bonchev–Trinajstić information content (AvgIpc) is 3.38. The minimum Gasteiger partial charge on any atom is -0.481 e. The van der Waals surface area contributed by atoms with Crippen LogP contribution >= 0.6 is 0 Å². The molecule has 0 aliphatic carbocycles. The van der Waals surface area contributed by atoms with Crippen molar-refractivity contribution in [3.05, 3.63) is 54.1 Å². The summed E-state index contributed by atoms with van der Waals surface area (Å²) in [6.45, 7) is 0. The molecule has 10 N–H and O–H groups in total. The second kappa shape index (κ2) is 14.8. The summed E-state index contributed by atoms with van der Waals surface area (Å²) in [5, 5.41) is 25.3. The van der Waals surface area contributed by atoms with Crippen molar-refractivity contribution in [3.8, 4) is 0 Å². The Bertz CT molecular complexity index is 1160. The van der Waals surface area contributed by atoms with E-state index in [0.29, 0.717) is 5.69 Å². The summed E-state index contributed by atoms with van der Waals surface area (Å²) in [7, 11) is 0. The number of hydrogen-bond donors (Lipinski definition) is 8. The molecule has 1 aromatic carbocycles. The second-order valence-electron chi connectivity index (χ2n) is 8.70. The summed E-state index contributed by atoms with van der Waals surface area (Å²) in [4.78, 5) is 79.2. The Balaban J connectivity index is 2.19. The maximum absolute atomic E-state index is 13.2. The summed E-state index contributed by atoms with van der Waals surface area (Å²) < 4.78 is 0. The number of rotatable bonds is 16. The Morgan fingerprint density at radius 2 is 1.49 bits per heavy atom. The number of aromatic amines is 1. The maximum atomic E-state index is 13.2. The van der Waals surface area contributed by atoms with Crippen LogP contribution in [0.15, 0.2) is 42.9 Å². The van der Waals surface area contributed by atoms with Crippen molar-refractivity contribution >= 4 is 35.6 Å². The van der Waals surface area contributed by atoms with Gasteiger partial charge in [-0.15, -0.1) is 0 Å². The fraction of sp³-hybridized carbons (Fsp3) is 0.375. The van der Waals surface area contributed by atoms with Gasteiger partial charge in [-0.1, -0.05) is 30.3 Å². The van der Waals surface area contributed by atoms with Crippen LogP contribution in [-0.2, 0) is 41.6 Å². The van der Waals surface area contributed by atoms with Crippen molar-refractivity contribution in [1.29, 1.82) is 0 Å². The number of nitrogens with zero attached hydrogens (tertiary/aromatic N) is 1. The van der Waals surface area contributed by atoms with E-state index >= 15 is 0 Å². The molecule has 4 atom stereocenters. The number of aromatic nitrogens is 2. The lowest BCUT2D eigenvalue weighted by molar-refractivity contribution is -0.144. The molecule has 1 heterocycles. The molecule has 0 saturated heterocycles. The van der Waals surface area contributed by atoms with Gasteiger partial charge in [0.2, 0.25) is 23.6 Å². The molecule has 15 heteroatoms. The molecule has 0 saturated carbocycles. The van der Waals surface area contributed by atoms with Crippen LogP contribution in [0.2, 0.25) is 0 Å². The third-order valence-electron chi connectivity index (χ3n) is 5.55. The lowest BCUT2D eigenvalue weighted by atomic mass is 10.0. The number of carboxylic acid groups (broad SMARTS) is 2. The molecule has 210 valence electrons. The van der Waals surface area contributed by atoms with E-state index in [1.165, 1.54) is 12.5 Å². The second-order valence-corrected chi connectivity index (χ2v) is 8.70. The molecule has 4 amide bonds. The zero-order valence-electron chi connectivity index (χ0n) is 20.8. The van der Waals surface area contributed by atoms with Crippen molar-refractivity contribution in [2.24, 2.45) is 11.5 Å². The number of benzene rings is 1. The summed E-state index contributed by atoms with van der Waals surface area (Å²) in [6, 6.07) is 3.47. The molecule has 2 aromatic rings. The van der Waals surface area contributed by atoms with Gasteiger partial charge in [-0.3, -0.25) is 24.0 Å². The van der Waals surface area contributed by atoms with Crippen LogP contribution in [0.1, 0.15) is 30.5 Å². The molecular formula is C24H31N7O8. The fourth-order valence-electron chi connectivity index (χ4n) is 3.55. The van der Waals surface area contributed by atoms with Gasteiger partial charge in [0.1, 0.15) is 18.1 Å². The molecule has 0 aliphatic rings. The van der Waals surface area contributed by atoms with Gasteiger partial charge in [-0.25, -0.2) is 9.78 Å². The predicted octanol–water partition coefficient (Wildman–Crippen LogP) is -2.20. The molecule has 4 unspecified atom stereocenters. The molecule has 0 aliphatic heterocycles. The third-order valence-corrected chi connectivity index (χ3v) is 5.55. The first-order chi connectivity index (χ1) is 18.5. The molecule has 15 nitrogen and oxygen atoms in total. The Morgan fingerprint density at radius 1 is 0.872 bits per heavy atom. The van der Waals surface area contributed by atoms with E-state index in [0.717, 1.165) is 5.56 Å². The van der Waals surface area contributed by atoms with Crippen LogP contribution in [0.3, 0.4) is 0 Å². The number of nitrogens with one attached hydrogen (secondary N) is 4. The van der Waals surface area contributed by atoms with Gasteiger partial charge in [0, 0.05) is 24.7 Å². The highest BCUT2D eigenvalue weighted by atomic mass is 16.4. The van der Waals surface area contributed by atoms with Gasteiger partial charge >= 0.3 is 11.9 Å². The van der Waals surface area contributed by atoms with Gasteiger partial charge in [0.15, 0.2) is 0 Å². The van der Waals surface area contributed by atoms with Crippen LogP contribution in [0.4, 0.5) is 0 Å². The largest absolute Gasteiger partial charge is 0.481 e. The van der Waals surface area contributed by atoms with Crippen LogP contribution in [0.25, 0.3) is 0 Å². The highest BCUT2D eigenvalue weighted by Gasteiger charge is 2.31. The number of primary amides is 1. The van der Waals surface area contributed by atoms with Crippen LogP contribution in [0.5, 0.6) is 0 Å². The number of aliphatic carboxylic acids is 2. The summed E-state index contributed by atoms with van der Waals surface area (Å²) in [5.74, 6) is -6.39. The van der Waals surface area contributed by atoms with Gasteiger partial charge in [0.05, 0.1) is 18.8 Å². The van der Waals surface area contributed by atoms with E-state index in [2.05, 4.69) is 25.9 Å². The molecule has 0 bridgehead atoms. The number of hydrogen-bond acceptors (Lipinski definition) is 8. The number of carboxylic acids is 2. The first kappa shape index (κ1) is 30.4. The van der Waals surface area contributed by atoms with Gasteiger partial charge in [-0.05, 0) is 18.4 Å². The number of carbonyl (C=O) groups is 6. The lowest BCUT2D eigenvalue weighted by Gasteiger charge is -2.24. The first-order valence-electron chi connectivity index (χ1n) is 11.9. The van der Waals surface area contributed by atoms with E-state index in [-0.39, 0.29) is 12.8 Å². The Kier molecular flexibility index (Phi) is 11.6. The normalized spacial score (nSPS) is 13.8. The van der Waals surface area contributed by atoms with Crippen molar-refractivity contribution in [2.75, 3.05) is 0 Å². The number of nitrogens with two attached hydrogens (primary N) is 2. The summed E-state index contributed by atoms with van der Waals surface area (Å²) in [5.41, 5.74) is 12.3. The van der Waals surface area contributed by atoms with E-state index < -0.39 is 79.0 Å². The van der Waals surface area contributed by atoms with Crippen LogP contribution in [-0.4, -0.2) is 79.9 Å². The van der Waals surface area contributed by atoms with Crippen molar-refractivity contribution < 1.29 is 39.0 Å². The topological polar surface area (TPSA) is 260 Å². The third kappa shape index (κ3) is 10.6. The van der Waals surface area contributed by atoms with Gasteiger partial charge < -0.3 is 42.6 Å². The summed E-state index contributed by atoms with van der Waals surface area (Å²) >= 11 is 0. The van der Waals surface area contributed by atoms with E-state index in [4.69, 9.17) is 16.6 Å². The Hall–Kier alpha value is -4.79. The standard InChI is InChI=1S/C24H31N7O8/c25-15(8-13-4-2-1-3-5-13)21(35)30-17(9-14-11-27-12-28-14)23(37)29-16(6-7-20(33)34)22(36)31-18(24(38)39)10-19(26)32/h1-5,11-12,15-18H,6-10,25H2,(H2,26,32)(H,27,28)(H,29,37)(H,30,35)(H,31,36)(H,33,34)(H,38,39). The zero-order valence-corrected chi connectivity index (χ0v) is 20.8. The Morgan fingerprint density at radius 3 is 2.05 bits per heavy atom. The number of H-pyrrole nitrogens is 1. The van der Waals surface area contributed by atoms with E-state index in [1.807, 2.05) is 6.07 Å². The van der Waals surface area contributed by atoms with Crippen molar-refractivity contribution in [1.82, 2.24) is 25.9 Å². The minimum absolute atomic E-state index is 0.0810. The molecule has 0 spiro atoms. The fourth-order valence-corrected chi connectivity index (χ4v) is 3.55. The zero-order chi connectivity index (χ0) is 28.9. The highest BCUT2D eigenvalue weighted by molar-refractivity contribution is 5.95. The van der Waals surface area contributed by atoms with Crippen LogP contribution in [0, 0.1) is 0 Å². The highest BCUT2D eigenvalue weighted by Crippen LogP contribution is 2.06. The molecule has 39 heavy (non-hydrogen) atoms. The molecular weight excluding hydrogens is 514 g/mol. The van der Waals surface area contributed by atoms with E-state index in [9.17, 15) is 33.9 Å². The number of amides is 4. The van der Waals surface area contributed by atoms with Gasteiger partial charge in [0.25, 0.3) is 0 Å². The molecule has 0 radical (unpaired) electrons. The maximum Gasteiger partial charge on any atom is 0.326 e. The van der Waals surface area contributed by atoms with E-state index in [1.54, 1.807) is 24.3 Å². The number of carbonyl (C=O) groups excluding carboxylic acids is 4. The monoisotopic (exact) mass is 545 g/mol. The lowest BCUT2D eigenvalue weighted by Crippen LogP contribution is -2.58. The SMILES string of the molecule is NC(=O)CC(NC(=O)C(CCC(=O)O)NC(=O)C(Cc1cnc[nH]1)NC(=O)C(N)Cc1ccccc1)C(=O)O. The summed E-state index contributed by atoms with van der Waals surface area (Å²) in [6.07, 6.45) is 1.21.